The lowest BCUT2D eigenvalue weighted by Gasteiger charge is -2.24. The molecule has 26 heavy (non-hydrogen) atoms. The standard InChI is InChI=1S/C19H28N4O3/c1-3-16-13(2)21-18-10-17(14-4-6-24-7-5-14)22-23(18)19(16)20-11-15-12-25-8-9-26-15/h10,14-15,20H,3-9,11-12H2,1-2H3/t15-/m1/s1. The van der Waals surface area contributed by atoms with Crippen molar-refractivity contribution in [2.24, 2.45) is 0 Å². The van der Waals surface area contributed by atoms with E-state index in [1.807, 2.05) is 4.52 Å². The van der Waals surface area contributed by atoms with Crippen molar-refractivity contribution in [2.75, 3.05) is 44.9 Å². The molecule has 0 saturated carbocycles. The van der Waals surface area contributed by atoms with E-state index in [1.54, 1.807) is 0 Å². The number of hydrogen-bond donors (Lipinski definition) is 1. The Hall–Kier alpha value is -1.70. The summed E-state index contributed by atoms with van der Waals surface area (Å²) >= 11 is 0. The molecule has 2 saturated heterocycles. The minimum Gasteiger partial charge on any atom is -0.381 e. The normalized spacial score (nSPS) is 22.0. The zero-order valence-corrected chi connectivity index (χ0v) is 15.7. The lowest BCUT2D eigenvalue weighted by Crippen LogP contribution is -2.34. The SMILES string of the molecule is CCc1c(C)nc2cc(C3CCOCC3)nn2c1NC[C@@H]1COCCO1. The third kappa shape index (κ3) is 3.56. The van der Waals surface area contributed by atoms with Gasteiger partial charge in [-0.1, -0.05) is 6.92 Å². The number of fused-ring (bicyclic) bond motifs is 1. The summed E-state index contributed by atoms with van der Waals surface area (Å²) in [6, 6.07) is 2.13. The predicted octanol–water partition coefficient (Wildman–Crippen LogP) is 2.32. The zero-order chi connectivity index (χ0) is 17.9. The molecular weight excluding hydrogens is 332 g/mol. The first-order chi connectivity index (χ1) is 12.8. The smallest absolute Gasteiger partial charge is 0.157 e. The first kappa shape index (κ1) is 17.7. The molecule has 2 aromatic rings. The second-order valence-electron chi connectivity index (χ2n) is 7.05. The highest BCUT2D eigenvalue weighted by Crippen LogP contribution is 2.29. The van der Waals surface area contributed by atoms with Gasteiger partial charge in [0, 0.05) is 43.0 Å². The topological polar surface area (TPSA) is 69.9 Å². The Kier molecular flexibility index (Phi) is 5.38. The lowest BCUT2D eigenvalue weighted by molar-refractivity contribution is -0.0819. The Morgan fingerprint density at radius 3 is 2.77 bits per heavy atom. The van der Waals surface area contributed by atoms with Crippen LogP contribution in [-0.4, -0.2) is 60.3 Å². The summed E-state index contributed by atoms with van der Waals surface area (Å²) < 4.78 is 18.7. The van der Waals surface area contributed by atoms with Crippen molar-refractivity contribution in [3.8, 4) is 0 Å². The Morgan fingerprint density at radius 2 is 2.04 bits per heavy atom. The molecule has 0 spiro atoms. The van der Waals surface area contributed by atoms with E-state index in [9.17, 15) is 0 Å². The van der Waals surface area contributed by atoms with E-state index in [1.165, 1.54) is 5.56 Å². The molecule has 0 aliphatic carbocycles. The third-order valence-electron chi connectivity index (χ3n) is 5.30. The molecule has 1 atom stereocenters. The minimum atomic E-state index is 0.0718. The van der Waals surface area contributed by atoms with Crippen LogP contribution in [0.25, 0.3) is 5.65 Å². The number of hydrogen-bond acceptors (Lipinski definition) is 6. The van der Waals surface area contributed by atoms with Crippen LogP contribution >= 0.6 is 0 Å². The third-order valence-corrected chi connectivity index (χ3v) is 5.30. The maximum absolute atomic E-state index is 5.77. The molecule has 0 bridgehead atoms. The van der Waals surface area contributed by atoms with Crippen LogP contribution in [0.1, 0.15) is 42.6 Å². The van der Waals surface area contributed by atoms with Crippen LogP contribution in [0.3, 0.4) is 0 Å². The van der Waals surface area contributed by atoms with Crippen LogP contribution < -0.4 is 5.32 Å². The summed E-state index contributed by atoms with van der Waals surface area (Å²) in [6.07, 6.45) is 3.03. The molecule has 2 aliphatic heterocycles. The summed E-state index contributed by atoms with van der Waals surface area (Å²) in [7, 11) is 0. The van der Waals surface area contributed by atoms with Gasteiger partial charge in [-0.25, -0.2) is 4.98 Å². The molecule has 2 aliphatic rings. The van der Waals surface area contributed by atoms with Crippen molar-refractivity contribution in [1.82, 2.24) is 14.6 Å². The van der Waals surface area contributed by atoms with Crippen molar-refractivity contribution in [3.05, 3.63) is 23.0 Å². The van der Waals surface area contributed by atoms with E-state index in [-0.39, 0.29) is 6.10 Å². The van der Waals surface area contributed by atoms with Gasteiger partial charge in [0.1, 0.15) is 5.82 Å². The van der Waals surface area contributed by atoms with Gasteiger partial charge in [0.2, 0.25) is 0 Å². The van der Waals surface area contributed by atoms with Gasteiger partial charge >= 0.3 is 0 Å². The van der Waals surface area contributed by atoms with Gasteiger partial charge in [0.15, 0.2) is 5.65 Å². The number of nitrogens with one attached hydrogen (secondary N) is 1. The van der Waals surface area contributed by atoms with Crippen LogP contribution in [0.4, 0.5) is 5.82 Å². The van der Waals surface area contributed by atoms with E-state index in [0.717, 1.165) is 55.3 Å². The first-order valence-electron chi connectivity index (χ1n) is 9.66. The molecule has 7 heteroatoms. The highest BCUT2D eigenvalue weighted by atomic mass is 16.6. The Balaban J connectivity index is 1.64. The van der Waals surface area contributed by atoms with Gasteiger partial charge in [0.25, 0.3) is 0 Å². The summed E-state index contributed by atoms with van der Waals surface area (Å²) in [6.45, 7) is 8.54. The summed E-state index contributed by atoms with van der Waals surface area (Å²) in [5.41, 5.74) is 4.29. The van der Waals surface area contributed by atoms with Gasteiger partial charge in [-0.05, 0) is 26.2 Å². The molecule has 4 rings (SSSR count). The fourth-order valence-corrected chi connectivity index (χ4v) is 3.83. The Bertz CT molecular complexity index is 749. The number of aryl methyl sites for hydroxylation is 1. The van der Waals surface area contributed by atoms with Crippen molar-refractivity contribution >= 4 is 11.5 Å². The quantitative estimate of drug-likeness (QED) is 0.882. The largest absolute Gasteiger partial charge is 0.381 e. The van der Waals surface area contributed by atoms with Gasteiger partial charge in [-0.2, -0.15) is 9.61 Å². The fraction of sp³-hybridized carbons (Fsp3) is 0.684. The molecule has 0 radical (unpaired) electrons. The maximum Gasteiger partial charge on any atom is 0.157 e. The summed E-state index contributed by atoms with van der Waals surface area (Å²) in [4.78, 5) is 4.79. The van der Waals surface area contributed by atoms with E-state index >= 15 is 0 Å². The number of nitrogens with zero attached hydrogens (tertiary/aromatic N) is 3. The van der Waals surface area contributed by atoms with Crippen LogP contribution in [0, 0.1) is 6.92 Å². The molecule has 0 aromatic carbocycles. The molecule has 142 valence electrons. The van der Waals surface area contributed by atoms with Crippen molar-refractivity contribution in [3.63, 3.8) is 0 Å². The lowest BCUT2D eigenvalue weighted by atomic mass is 9.97. The number of rotatable bonds is 5. The second kappa shape index (κ2) is 7.90. The van der Waals surface area contributed by atoms with E-state index in [2.05, 4.69) is 25.2 Å². The summed E-state index contributed by atoms with van der Waals surface area (Å²) in [5.74, 6) is 1.49. The first-order valence-corrected chi connectivity index (χ1v) is 9.66. The molecule has 2 fully saturated rings. The Labute approximate surface area is 154 Å². The van der Waals surface area contributed by atoms with Crippen LogP contribution in [0.15, 0.2) is 6.07 Å². The molecule has 7 nitrogen and oxygen atoms in total. The average molecular weight is 360 g/mol. The zero-order valence-electron chi connectivity index (χ0n) is 15.7. The number of anilines is 1. The van der Waals surface area contributed by atoms with Crippen molar-refractivity contribution < 1.29 is 14.2 Å². The monoisotopic (exact) mass is 360 g/mol. The highest BCUT2D eigenvalue weighted by molar-refractivity contribution is 5.56. The van der Waals surface area contributed by atoms with Gasteiger partial charge in [-0.15, -0.1) is 0 Å². The average Bonchev–Trinajstić information content (AvgIpc) is 3.11. The van der Waals surface area contributed by atoms with Crippen LogP contribution in [-0.2, 0) is 20.6 Å². The molecule has 4 heterocycles. The fourth-order valence-electron chi connectivity index (χ4n) is 3.83. The van der Waals surface area contributed by atoms with Crippen molar-refractivity contribution in [1.29, 1.82) is 0 Å². The molecule has 2 aromatic heterocycles. The Morgan fingerprint density at radius 1 is 1.19 bits per heavy atom. The predicted molar refractivity (Wildman–Crippen MR) is 98.9 cm³/mol. The molecule has 0 amide bonds. The second-order valence-corrected chi connectivity index (χ2v) is 7.05. The van der Waals surface area contributed by atoms with E-state index in [0.29, 0.717) is 32.3 Å². The van der Waals surface area contributed by atoms with E-state index < -0.39 is 0 Å². The molecular formula is C19H28N4O3. The van der Waals surface area contributed by atoms with Gasteiger partial charge < -0.3 is 19.5 Å². The van der Waals surface area contributed by atoms with Gasteiger partial charge in [0.05, 0.1) is 31.6 Å². The van der Waals surface area contributed by atoms with Crippen LogP contribution in [0.5, 0.6) is 0 Å². The van der Waals surface area contributed by atoms with Gasteiger partial charge in [-0.3, -0.25) is 0 Å². The number of aromatic nitrogens is 3. The highest BCUT2D eigenvalue weighted by Gasteiger charge is 2.22. The van der Waals surface area contributed by atoms with Crippen molar-refractivity contribution in [2.45, 2.75) is 45.1 Å². The number of ether oxygens (including phenoxy) is 3. The summed E-state index contributed by atoms with van der Waals surface area (Å²) in [5, 5.41) is 8.48. The minimum absolute atomic E-state index is 0.0718. The van der Waals surface area contributed by atoms with Crippen LogP contribution in [0.2, 0.25) is 0 Å². The van der Waals surface area contributed by atoms with E-state index in [4.69, 9.17) is 24.3 Å². The maximum atomic E-state index is 5.77. The molecule has 0 unspecified atom stereocenters. The molecule has 1 N–H and O–H groups in total.